The van der Waals surface area contributed by atoms with Crippen LogP contribution in [0.25, 0.3) is 10.9 Å². The molecule has 2 aromatic rings. The first-order valence-electron chi connectivity index (χ1n) is 6.49. The maximum Gasteiger partial charge on any atom is 0.319 e. The number of carbonyl (C=O) groups excluding carboxylic acids is 1. The van der Waals surface area contributed by atoms with Crippen LogP contribution in [0, 0.1) is 0 Å². The Morgan fingerprint density at radius 3 is 2.95 bits per heavy atom. The number of hydrogen-bond acceptors (Lipinski definition) is 2. The number of rotatable bonds is 5. The molecule has 5 nitrogen and oxygen atoms in total. The third-order valence-electron chi connectivity index (χ3n) is 2.89. The molecule has 0 atom stereocenters. The SMILES string of the molecule is CCCn1ccc2ccc(NC(=O)NCCO)cc21. The first-order chi connectivity index (χ1) is 9.24. The maximum atomic E-state index is 11.5. The van der Waals surface area contributed by atoms with E-state index < -0.39 is 0 Å². The summed E-state index contributed by atoms with van der Waals surface area (Å²) in [6.07, 6.45) is 3.13. The second kappa shape index (κ2) is 6.24. The van der Waals surface area contributed by atoms with Crippen LogP contribution in [-0.2, 0) is 6.54 Å². The molecule has 2 amide bonds. The molecule has 1 aromatic heterocycles. The minimum atomic E-state index is -0.304. The van der Waals surface area contributed by atoms with Gasteiger partial charge in [0.2, 0.25) is 0 Å². The molecule has 0 aliphatic rings. The summed E-state index contributed by atoms with van der Waals surface area (Å²) in [5.74, 6) is 0. The van der Waals surface area contributed by atoms with Crippen LogP contribution in [0.15, 0.2) is 30.5 Å². The van der Waals surface area contributed by atoms with Crippen molar-refractivity contribution >= 4 is 22.6 Å². The van der Waals surface area contributed by atoms with Crippen molar-refractivity contribution in [1.29, 1.82) is 0 Å². The van der Waals surface area contributed by atoms with E-state index in [0.717, 1.165) is 29.6 Å². The third-order valence-corrected chi connectivity index (χ3v) is 2.89. The van der Waals surface area contributed by atoms with E-state index >= 15 is 0 Å². The van der Waals surface area contributed by atoms with Gasteiger partial charge in [-0.05, 0) is 30.0 Å². The molecule has 0 unspecified atom stereocenters. The van der Waals surface area contributed by atoms with Gasteiger partial charge in [0.05, 0.1) is 12.1 Å². The molecule has 0 spiro atoms. The first-order valence-corrected chi connectivity index (χ1v) is 6.49. The standard InChI is InChI=1S/C14H19N3O2/c1-2-7-17-8-5-11-3-4-12(10-13(11)17)16-14(19)15-6-9-18/h3-5,8,10,18H,2,6-7,9H2,1H3,(H2,15,16,19). The summed E-state index contributed by atoms with van der Waals surface area (Å²) >= 11 is 0. The zero-order valence-electron chi connectivity index (χ0n) is 11.0. The predicted molar refractivity (Wildman–Crippen MR) is 76.3 cm³/mol. The van der Waals surface area contributed by atoms with E-state index in [9.17, 15) is 4.79 Å². The average Bonchev–Trinajstić information content (AvgIpc) is 2.80. The molecule has 0 aliphatic carbocycles. The summed E-state index contributed by atoms with van der Waals surface area (Å²) in [5.41, 5.74) is 1.86. The van der Waals surface area contributed by atoms with Gasteiger partial charge >= 0.3 is 6.03 Å². The fourth-order valence-electron chi connectivity index (χ4n) is 2.04. The Hall–Kier alpha value is -2.01. The van der Waals surface area contributed by atoms with E-state index in [2.05, 4.69) is 34.4 Å². The van der Waals surface area contributed by atoms with Gasteiger partial charge in [-0.3, -0.25) is 0 Å². The number of aromatic nitrogens is 1. The molecule has 0 fully saturated rings. The maximum absolute atomic E-state index is 11.5. The van der Waals surface area contributed by atoms with Crippen molar-refractivity contribution in [2.75, 3.05) is 18.5 Å². The predicted octanol–water partition coefficient (Wildman–Crippen LogP) is 2.17. The number of nitrogens with zero attached hydrogens (tertiary/aromatic N) is 1. The Balaban J connectivity index is 2.15. The number of aliphatic hydroxyl groups excluding tert-OH is 1. The monoisotopic (exact) mass is 261 g/mol. The van der Waals surface area contributed by atoms with Gasteiger partial charge in [0.25, 0.3) is 0 Å². The lowest BCUT2D eigenvalue weighted by Gasteiger charge is -2.08. The second-order valence-corrected chi connectivity index (χ2v) is 4.39. The molecule has 0 saturated heterocycles. The molecule has 0 aliphatic heterocycles. The van der Waals surface area contributed by atoms with Crippen LogP contribution in [0.1, 0.15) is 13.3 Å². The summed E-state index contributed by atoms with van der Waals surface area (Å²) in [4.78, 5) is 11.5. The van der Waals surface area contributed by atoms with Crippen molar-refractivity contribution < 1.29 is 9.90 Å². The zero-order valence-corrected chi connectivity index (χ0v) is 11.0. The molecule has 1 heterocycles. The summed E-state index contributed by atoms with van der Waals surface area (Å²) in [6.45, 7) is 3.28. The highest BCUT2D eigenvalue weighted by molar-refractivity contribution is 5.92. The van der Waals surface area contributed by atoms with Crippen LogP contribution < -0.4 is 10.6 Å². The number of aryl methyl sites for hydroxylation is 1. The minimum Gasteiger partial charge on any atom is -0.395 e. The van der Waals surface area contributed by atoms with E-state index in [1.165, 1.54) is 0 Å². The molecular weight excluding hydrogens is 242 g/mol. The number of nitrogens with one attached hydrogen (secondary N) is 2. The fraction of sp³-hybridized carbons (Fsp3) is 0.357. The summed E-state index contributed by atoms with van der Waals surface area (Å²) < 4.78 is 2.17. The number of anilines is 1. The van der Waals surface area contributed by atoms with Crippen molar-refractivity contribution in [3.8, 4) is 0 Å². The molecular formula is C14H19N3O2. The highest BCUT2D eigenvalue weighted by atomic mass is 16.3. The number of benzene rings is 1. The van der Waals surface area contributed by atoms with Gasteiger partial charge < -0.3 is 20.3 Å². The van der Waals surface area contributed by atoms with Crippen LogP contribution in [0.4, 0.5) is 10.5 Å². The molecule has 102 valence electrons. The fourth-order valence-corrected chi connectivity index (χ4v) is 2.04. The number of fused-ring (bicyclic) bond motifs is 1. The van der Waals surface area contributed by atoms with Gasteiger partial charge in [0.1, 0.15) is 0 Å². The second-order valence-electron chi connectivity index (χ2n) is 4.39. The molecule has 5 heteroatoms. The molecule has 0 saturated carbocycles. The number of hydrogen-bond donors (Lipinski definition) is 3. The summed E-state index contributed by atoms with van der Waals surface area (Å²) in [6, 6.07) is 7.59. The van der Waals surface area contributed by atoms with E-state index in [0.29, 0.717) is 0 Å². The van der Waals surface area contributed by atoms with Crippen LogP contribution >= 0.6 is 0 Å². The molecule has 0 bridgehead atoms. The van der Waals surface area contributed by atoms with E-state index in [-0.39, 0.29) is 19.2 Å². The lowest BCUT2D eigenvalue weighted by molar-refractivity contribution is 0.245. The van der Waals surface area contributed by atoms with Crippen LogP contribution in [0.5, 0.6) is 0 Å². The van der Waals surface area contributed by atoms with E-state index in [4.69, 9.17) is 5.11 Å². The van der Waals surface area contributed by atoms with Gasteiger partial charge in [0.15, 0.2) is 0 Å². The van der Waals surface area contributed by atoms with Crippen molar-refractivity contribution in [3.63, 3.8) is 0 Å². The lowest BCUT2D eigenvalue weighted by Crippen LogP contribution is -2.30. The smallest absolute Gasteiger partial charge is 0.319 e. The van der Waals surface area contributed by atoms with Crippen molar-refractivity contribution in [2.24, 2.45) is 0 Å². The average molecular weight is 261 g/mol. The number of urea groups is 1. The number of carbonyl (C=O) groups is 1. The largest absolute Gasteiger partial charge is 0.395 e. The Kier molecular flexibility index (Phi) is 4.41. The van der Waals surface area contributed by atoms with Gasteiger partial charge in [0, 0.05) is 25.0 Å². The quantitative estimate of drug-likeness (QED) is 0.772. The minimum absolute atomic E-state index is 0.0637. The summed E-state index contributed by atoms with van der Waals surface area (Å²) in [5, 5.41) is 15.1. The molecule has 2 rings (SSSR count). The van der Waals surface area contributed by atoms with Crippen molar-refractivity contribution in [1.82, 2.24) is 9.88 Å². The number of amides is 2. The normalized spacial score (nSPS) is 10.6. The third kappa shape index (κ3) is 3.26. The van der Waals surface area contributed by atoms with E-state index in [1.807, 2.05) is 18.2 Å². The van der Waals surface area contributed by atoms with Gasteiger partial charge in [-0.1, -0.05) is 13.0 Å². The van der Waals surface area contributed by atoms with Gasteiger partial charge in [-0.15, -0.1) is 0 Å². The van der Waals surface area contributed by atoms with Crippen LogP contribution in [0.3, 0.4) is 0 Å². The molecule has 1 aromatic carbocycles. The highest BCUT2D eigenvalue weighted by Crippen LogP contribution is 2.20. The van der Waals surface area contributed by atoms with Gasteiger partial charge in [-0.2, -0.15) is 0 Å². The lowest BCUT2D eigenvalue weighted by atomic mass is 10.2. The Bertz CT molecular complexity index is 563. The highest BCUT2D eigenvalue weighted by Gasteiger charge is 2.04. The molecule has 19 heavy (non-hydrogen) atoms. The van der Waals surface area contributed by atoms with Crippen molar-refractivity contribution in [2.45, 2.75) is 19.9 Å². The Labute approximate surface area is 112 Å². The summed E-state index contributed by atoms with van der Waals surface area (Å²) in [7, 11) is 0. The Morgan fingerprint density at radius 1 is 1.37 bits per heavy atom. The Morgan fingerprint density at radius 2 is 2.21 bits per heavy atom. The first kappa shape index (κ1) is 13.4. The molecule has 3 N–H and O–H groups in total. The van der Waals surface area contributed by atoms with E-state index in [1.54, 1.807) is 0 Å². The topological polar surface area (TPSA) is 66.3 Å². The zero-order chi connectivity index (χ0) is 13.7. The van der Waals surface area contributed by atoms with Gasteiger partial charge in [-0.25, -0.2) is 4.79 Å². The number of aliphatic hydroxyl groups is 1. The molecule has 0 radical (unpaired) electrons. The van der Waals surface area contributed by atoms with Crippen molar-refractivity contribution in [3.05, 3.63) is 30.5 Å². The van der Waals surface area contributed by atoms with Crippen LogP contribution in [-0.4, -0.2) is 28.9 Å². The van der Waals surface area contributed by atoms with Crippen LogP contribution in [0.2, 0.25) is 0 Å².